The van der Waals surface area contributed by atoms with Gasteiger partial charge in [0.15, 0.2) is 0 Å². The monoisotopic (exact) mass is 348 g/mol. The average Bonchev–Trinajstić information content (AvgIpc) is 2.69. The Kier molecular flexibility index (Phi) is 6.08. The van der Waals surface area contributed by atoms with Gasteiger partial charge in [-0.25, -0.2) is 0 Å². The number of hydrogen-bond acceptors (Lipinski definition) is 4. The maximum absolute atomic E-state index is 5.97. The second kappa shape index (κ2) is 8.68. The van der Waals surface area contributed by atoms with Gasteiger partial charge in [-0.05, 0) is 61.3 Å². The molecule has 26 heavy (non-hydrogen) atoms. The summed E-state index contributed by atoms with van der Waals surface area (Å²) >= 11 is 0. The summed E-state index contributed by atoms with van der Waals surface area (Å²) < 4.78 is 0. The molecule has 136 valence electrons. The van der Waals surface area contributed by atoms with Crippen molar-refractivity contribution >= 4 is 18.0 Å². The van der Waals surface area contributed by atoms with E-state index in [0.717, 1.165) is 65.3 Å². The predicted molar refractivity (Wildman–Crippen MR) is 111 cm³/mol. The second-order valence-electron chi connectivity index (χ2n) is 6.66. The van der Waals surface area contributed by atoms with Crippen LogP contribution in [-0.2, 0) is 6.42 Å². The Morgan fingerprint density at radius 1 is 1.27 bits per heavy atom. The highest BCUT2D eigenvalue weighted by Gasteiger charge is 2.14. The van der Waals surface area contributed by atoms with Crippen LogP contribution in [0.4, 0.5) is 5.69 Å². The summed E-state index contributed by atoms with van der Waals surface area (Å²) in [5.41, 5.74) is 10.4. The largest absolute Gasteiger partial charge is 0.404 e. The zero-order chi connectivity index (χ0) is 18.4. The molecule has 0 amide bonds. The van der Waals surface area contributed by atoms with Gasteiger partial charge >= 0.3 is 0 Å². The Labute approximate surface area is 155 Å². The van der Waals surface area contributed by atoms with Crippen molar-refractivity contribution in [1.29, 1.82) is 0 Å². The molecule has 1 fully saturated rings. The van der Waals surface area contributed by atoms with Gasteiger partial charge in [0.05, 0.1) is 0 Å². The molecule has 2 aromatic rings. The number of benzene rings is 1. The molecule has 0 unspecified atom stereocenters. The number of nitrogens with one attached hydrogen (secondary N) is 2. The average molecular weight is 348 g/mol. The summed E-state index contributed by atoms with van der Waals surface area (Å²) in [7, 11) is 0. The molecule has 4 heteroatoms. The van der Waals surface area contributed by atoms with Gasteiger partial charge in [-0.15, -0.1) is 0 Å². The van der Waals surface area contributed by atoms with Gasteiger partial charge in [0.1, 0.15) is 0 Å². The van der Waals surface area contributed by atoms with Gasteiger partial charge < -0.3 is 16.4 Å². The van der Waals surface area contributed by atoms with Crippen LogP contribution in [0.25, 0.3) is 23.4 Å². The fourth-order valence-electron chi connectivity index (χ4n) is 3.40. The fourth-order valence-corrected chi connectivity index (χ4v) is 3.40. The van der Waals surface area contributed by atoms with E-state index >= 15 is 0 Å². The molecular weight excluding hydrogens is 320 g/mol. The van der Waals surface area contributed by atoms with Gasteiger partial charge in [-0.2, -0.15) is 0 Å². The van der Waals surface area contributed by atoms with Crippen LogP contribution >= 0.6 is 0 Å². The number of hydrogen-bond donors (Lipinski definition) is 3. The highest BCUT2D eigenvalue weighted by molar-refractivity contribution is 5.69. The standard InChI is InChI=1S/C22H28N4/c1-3-5-16-12-18(17-6-7-19(4-2)25-15-17)13-22(21(16)14-23)26-20-8-10-24-11-9-20/h3,5-7,12-15,20,24,26H,1,4,8-11,23H2,2H3/b16-5-,21-14+. The van der Waals surface area contributed by atoms with E-state index in [1.54, 1.807) is 12.3 Å². The van der Waals surface area contributed by atoms with Gasteiger partial charge in [0, 0.05) is 40.6 Å². The van der Waals surface area contributed by atoms with Crippen LogP contribution in [0.15, 0.2) is 43.1 Å². The highest BCUT2D eigenvalue weighted by Crippen LogP contribution is 2.20. The molecule has 1 aromatic carbocycles. The summed E-state index contributed by atoms with van der Waals surface area (Å²) in [6.07, 6.45) is 10.6. The molecule has 0 atom stereocenters. The summed E-state index contributed by atoms with van der Waals surface area (Å²) in [5.74, 6) is 0. The molecule has 2 heterocycles. The summed E-state index contributed by atoms with van der Waals surface area (Å²) in [4.78, 5) is 4.55. The van der Waals surface area contributed by atoms with E-state index in [0.29, 0.717) is 6.04 Å². The van der Waals surface area contributed by atoms with Crippen molar-refractivity contribution in [3.05, 3.63) is 59.2 Å². The Hall–Kier alpha value is -2.59. The van der Waals surface area contributed by atoms with E-state index in [1.165, 1.54) is 0 Å². The molecule has 0 saturated carbocycles. The minimum atomic E-state index is 0.461. The van der Waals surface area contributed by atoms with Crippen molar-refractivity contribution in [2.75, 3.05) is 18.4 Å². The van der Waals surface area contributed by atoms with Crippen molar-refractivity contribution in [3.8, 4) is 11.1 Å². The highest BCUT2D eigenvalue weighted by atomic mass is 15.0. The molecule has 1 saturated heterocycles. The number of nitrogens with zero attached hydrogens (tertiary/aromatic N) is 1. The van der Waals surface area contributed by atoms with Crippen LogP contribution in [0, 0.1) is 0 Å². The van der Waals surface area contributed by atoms with Crippen LogP contribution in [0.1, 0.15) is 25.5 Å². The van der Waals surface area contributed by atoms with Gasteiger partial charge in [0.25, 0.3) is 0 Å². The van der Waals surface area contributed by atoms with Crippen molar-refractivity contribution in [2.45, 2.75) is 32.2 Å². The number of piperidine rings is 1. The van der Waals surface area contributed by atoms with E-state index < -0.39 is 0 Å². The van der Waals surface area contributed by atoms with Crippen LogP contribution in [0.3, 0.4) is 0 Å². The number of aromatic nitrogens is 1. The quantitative estimate of drug-likeness (QED) is 0.775. The number of anilines is 1. The van der Waals surface area contributed by atoms with E-state index in [4.69, 9.17) is 5.73 Å². The van der Waals surface area contributed by atoms with Crippen molar-refractivity contribution in [3.63, 3.8) is 0 Å². The third-order valence-corrected chi connectivity index (χ3v) is 4.90. The number of rotatable bonds is 5. The Morgan fingerprint density at radius 2 is 2.08 bits per heavy atom. The lowest BCUT2D eigenvalue weighted by Crippen LogP contribution is -2.38. The first kappa shape index (κ1) is 18.2. The molecule has 0 bridgehead atoms. The lowest BCUT2D eigenvalue weighted by atomic mass is 10.0. The number of pyridine rings is 1. The van der Waals surface area contributed by atoms with Gasteiger partial charge in [0.2, 0.25) is 0 Å². The maximum Gasteiger partial charge on any atom is 0.0442 e. The van der Waals surface area contributed by atoms with Crippen LogP contribution in [0.2, 0.25) is 0 Å². The smallest absolute Gasteiger partial charge is 0.0442 e. The molecule has 3 rings (SSSR count). The summed E-state index contributed by atoms with van der Waals surface area (Å²) in [6.45, 7) is 8.07. The van der Waals surface area contributed by atoms with Crippen molar-refractivity contribution in [1.82, 2.24) is 10.3 Å². The van der Waals surface area contributed by atoms with E-state index in [2.05, 4.69) is 53.4 Å². The minimum Gasteiger partial charge on any atom is -0.404 e. The van der Waals surface area contributed by atoms with Gasteiger partial charge in [-0.1, -0.05) is 31.7 Å². The fraction of sp³-hybridized carbons (Fsp3) is 0.318. The predicted octanol–water partition coefficient (Wildman–Crippen LogP) is 2.14. The minimum absolute atomic E-state index is 0.461. The Balaban J connectivity index is 2.07. The first-order valence-corrected chi connectivity index (χ1v) is 9.36. The molecule has 4 nitrogen and oxygen atoms in total. The number of aryl methyl sites for hydroxylation is 1. The summed E-state index contributed by atoms with van der Waals surface area (Å²) in [5, 5.41) is 9.20. The third-order valence-electron chi connectivity index (χ3n) is 4.90. The van der Waals surface area contributed by atoms with Gasteiger partial charge in [-0.3, -0.25) is 4.98 Å². The number of nitrogens with two attached hydrogens (primary N) is 1. The normalized spacial score (nSPS) is 16.7. The first-order valence-electron chi connectivity index (χ1n) is 9.36. The molecule has 1 aliphatic rings. The Bertz CT molecular complexity index is 862. The van der Waals surface area contributed by atoms with E-state index in [1.807, 2.05) is 12.3 Å². The van der Waals surface area contributed by atoms with Crippen molar-refractivity contribution < 1.29 is 0 Å². The molecule has 1 aromatic heterocycles. The SMILES string of the molecule is C=C/C=c1/cc(-c2ccc(CC)nc2)cc(NC2CCNCC2)/c1=C/N. The maximum atomic E-state index is 5.97. The van der Waals surface area contributed by atoms with E-state index in [9.17, 15) is 0 Å². The molecule has 4 N–H and O–H groups in total. The molecular formula is C22H28N4. The zero-order valence-corrected chi connectivity index (χ0v) is 15.5. The van der Waals surface area contributed by atoms with Crippen molar-refractivity contribution in [2.24, 2.45) is 5.73 Å². The number of allylic oxidation sites excluding steroid dienone is 1. The topological polar surface area (TPSA) is 63.0 Å². The first-order chi connectivity index (χ1) is 12.7. The lowest BCUT2D eigenvalue weighted by molar-refractivity contribution is 0.479. The van der Waals surface area contributed by atoms with Crippen LogP contribution in [0.5, 0.6) is 0 Å². The zero-order valence-electron chi connectivity index (χ0n) is 15.5. The molecule has 0 radical (unpaired) electrons. The van der Waals surface area contributed by atoms with Crippen LogP contribution < -0.4 is 26.8 Å². The van der Waals surface area contributed by atoms with Crippen LogP contribution in [-0.4, -0.2) is 24.1 Å². The Morgan fingerprint density at radius 3 is 2.69 bits per heavy atom. The van der Waals surface area contributed by atoms with E-state index in [-0.39, 0.29) is 0 Å². The lowest BCUT2D eigenvalue weighted by Gasteiger charge is -2.25. The second-order valence-corrected chi connectivity index (χ2v) is 6.66. The molecule has 0 spiro atoms. The summed E-state index contributed by atoms with van der Waals surface area (Å²) in [6, 6.07) is 9.02. The molecule has 1 aliphatic heterocycles. The third kappa shape index (κ3) is 4.14. The molecule has 0 aliphatic carbocycles.